The molecular formula is C30H27NO3. The second-order valence-electron chi connectivity index (χ2n) is 8.62. The highest BCUT2D eigenvalue weighted by molar-refractivity contribution is 5.98. The van der Waals surface area contributed by atoms with Crippen molar-refractivity contribution in [3.8, 4) is 5.75 Å². The SMILES string of the molecule is CC(c1ccccc1)c1cccc2c(CCCOc3cccc4ccccc34)c(C(=O)O)[nH]c12. The van der Waals surface area contributed by atoms with Gasteiger partial charge in [0, 0.05) is 16.7 Å². The lowest BCUT2D eigenvalue weighted by Crippen LogP contribution is -2.04. The van der Waals surface area contributed by atoms with Crippen LogP contribution in [-0.2, 0) is 6.42 Å². The van der Waals surface area contributed by atoms with Crippen LogP contribution in [0.5, 0.6) is 5.75 Å². The highest BCUT2D eigenvalue weighted by Crippen LogP contribution is 2.33. The molecular weight excluding hydrogens is 422 g/mol. The molecule has 170 valence electrons. The van der Waals surface area contributed by atoms with E-state index in [1.807, 2.05) is 54.6 Å². The van der Waals surface area contributed by atoms with Crippen LogP contribution in [0.1, 0.15) is 46.4 Å². The number of carbonyl (C=O) groups is 1. The molecule has 0 radical (unpaired) electrons. The van der Waals surface area contributed by atoms with Gasteiger partial charge in [0.25, 0.3) is 0 Å². The predicted molar refractivity (Wildman–Crippen MR) is 137 cm³/mol. The Morgan fingerprint density at radius 2 is 1.59 bits per heavy atom. The lowest BCUT2D eigenvalue weighted by Gasteiger charge is -2.13. The first-order valence-electron chi connectivity index (χ1n) is 11.7. The minimum Gasteiger partial charge on any atom is -0.493 e. The van der Waals surface area contributed by atoms with Gasteiger partial charge in [-0.05, 0) is 41.0 Å². The summed E-state index contributed by atoms with van der Waals surface area (Å²) in [4.78, 5) is 15.3. The fraction of sp³-hybridized carbons (Fsp3) is 0.167. The number of carboxylic acid groups (broad SMARTS) is 1. The molecule has 4 aromatic carbocycles. The number of carboxylic acids is 1. The molecule has 4 heteroatoms. The van der Waals surface area contributed by atoms with Crippen LogP contribution in [0.2, 0.25) is 0 Å². The fourth-order valence-electron chi connectivity index (χ4n) is 4.77. The molecule has 0 bridgehead atoms. The van der Waals surface area contributed by atoms with Gasteiger partial charge in [0.15, 0.2) is 0 Å². The highest BCUT2D eigenvalue weighted by atomic mass is 16.5. The monoisotopic (exact) mass is 449 g/mol. The van der Waals surface area contributed by atoms with Crippen LogP contribution in [0, 0.1) is 0 Å². The first-order chi connectivity index (χ1) is 16.6. The van der Waals surface area contributed by atoms with Crippen molar-refractivity contribution >= 4 is 27.6 Å². The minimum absolute atomic E-state index is 0.146. The van der Waals surface area contributed by atoms with Crippen molar-refractivity contribution in [3.63, 3.8) is 0 Å². The number of ether oxygens (including phenoxy) is 1. The molecule has 4 nitrogen and oxygen atoms in total. The molecule has 0 aliphatic heterocycles. The van der Waals surface area contributed by atoms with Gasteiger partial charge in [-0.15, -0.1) is 0 Å². The maximum absolute atomic E-state index is 12.1. The Morgan fingerprint density at radius 1 is 0.882 bits per heavy atom. The van der Waals surface area contributed by atoms with E-state index in [2.05, 4.69) is 48.3 Å². The van der Waals surface area contributed by atoms with Gasteiger partial charge in [-0.25, -0.2) is 4.79 Å². The summed E-state index contributed by atoms with van der Waals surface area (Å²) in [5.74, 6) is 0.0710. The summed E-state index contributed by atoms with van der Waals surface area (Å²) in [6.45, 7) is 2.67. The summed E-state index contributed by atoms with van der Waals surface area (Å²) >= 11 is 0. The maximum Gasteiger partial charge on any atom is 0.352 e. The quantitative estimate of drug-likeness (QED) is 0.247. The Labute approximate surface area is 198 Å². The standard InChI is InChI=1S/C30H27NO3/c1-20(21-10-3-2-4-11-21)23-15-8-16-25-26(29(30(32)33)31-28(23)25)17-9-19-34-27-18-7-13-22-12-5-6-14-24(22)27/h2-8,10-16,18,20,31H,9,17,19H2,1H3,(H,32,33). The summed E-state index contributed by atoms with van der Waals surface area (Å²) in [6.07, 6.45) is 1.34. The zero-order chi connectivity index (χ0) is 23.5. The van der Waals surface area contributed by atoms with Crippen LogP contribution >= 0.6 is 0 Å². The Balaban J connectivity index is 1.39. The lowest BCUT2D eigenvalue weighted by atomic mass is 9.91. The molecule has 0 amide bonds. The van der Waals surface area contributed by atoms with Gasteiger partial charge in [0.2, 0.25) is 0 Å². The van der Waals surface area contributed by atoms with E-state index in [0.29, 0.717) is 13.0 Å². The second-order valence-corrected chi connectivity index (χ2v) is 8.62. The van der Waals surface area contributed by atoms with E-state index in [0.717, 1.165) is 45.0 Å². The van der Waals surface area contributed by atoms with Crippen molar-refractivity contribution in [2.75, 3.05) is 6.61 Å². The lowest BCUT2D eigenvalue weighted by molar-refractivity contribution is 0.0690. The Bertz CT molecular complexity index is 1450. The van der Waals surface area contributed by atoms with Crippen molar-refractivity contribution in [1.29, 1.82) is 0 Å². The average molecular weight is 450 g/mol. The fourth-order valence-corrected chi connectivity index (χ4v) is 4.77. The largest absolute Gasteiger partial charge is 0.493 e. The van der Waals surface area contributed by atoms with Crippen molar-refractivity contribution in [2.24, 2.45) is 0 Å². The van der Waals surface area contributed by atoms with Gasteiger partial charge in [-0.1, -0.05) is 91.9 Å². The van der Waals surface area contributed by atoms with Gasteiger partial charge < -0.3 is 14.8 Å². The third kappa shape index (κ3) is 4.15. The topological polar surface area (TPSA) is 62.3 Å². The third-order valence-electron chi connectivity index (χ3n) is 6.53. The van der Waals surface area contributed by atoms with Crippen LogP contribution in [0.3, 0.4) is 0 Å². The maximum atomic E-state index is 12.1. The average Bonchev–Trinajstić information content (AvgIpc) is 3.26. The molecule has 0 spiro atoms. The predicted octanol–water partition coefficient (Wildman–Crippen LogP) is 7.18. The number of H-pyrrole nitrogens is 1. The molecule has 1 heterocycles. The molecule has 5 aromatic rings. The van der Waals surface area contributed by atoms with Gasteiger partial charge in [0.05, 0.1) is 12.1 Å². The van der Waals surface area contributed by atoms with E-state index >= 15 is 0 Å². The number of hydrogen-bond donors (Lipinski definition) is 2. The highest BCUT2D eigenvalue weighted by Gasteiger charge is 2.21. The van der Waals surface area contributed by atoms with E-state index in [-0.39, 0.29) is 11.6 Å². The molecule has 0 aliphatic rings. The van der Waals surface area contributed by atoms with Gasteiger partial charge in [-0.2, -0.15) is 0 Å². The Morgan fingerprint density at radius 3 is 2.41 bits per heavy atom. The number of para-hydroxylation sites is 1. The molecule has 0 saturated carbocycles. The number of aromatic nitrogens is 1. The van der Waals surface area contributed by atoms with Gasteiger partial charge >= 0.3 is 5.97 Å². The van der Waals surface area contributed by atoms with E-state index in [1.165, 1.54) is 5.56 Å². The molecule has 34 heavy (non-hydrogen) atoms. The van der Waals surface area contributed by atoms with Crippen LogP contribution in [0.4, 0.5) is 0 Å². The van der Waals surface area contributed by atoms with Gasteiger partial charge in [0.1, 0.15) is 11.4 Å². The summed E-state index contributed by atoms with van der Waals surface area (Å²) in [6, 6.07) is 30.6. The summed E-state index contributed by atoms with van der Waals surface area (Å²) < 4.78 is 6.09. The number of hydrogen-bond acceptors (Lipinski definition) is 2. The van der Waals surface area contributed by atoms with Gasteiger partial charge in [-0.3, -0.25) is 0 Å². The number of fused-ring (bicyclic) bond motifs is 2. The Kier molecular flexibility index (Phi) is 6.05. The normalized spacial score (nSPS) is 12.1. The number of nitrogens with one attached hydrogen (secondary N) is 1. The van der Waals surface area contributed by atoms with E-state index < -0.39 is 5.97 Å². The van der Waals surface area contributed by atoms with Crippen LogP contribution in [0.15, 0.2) is 91.0 Å². The number of aryl methyl sites for hydroxylation is 1. The molecule has 1 atom stereocenters. The first-order valence-corrected chi connectivity index (χ1v) is 11.7. The summed E-state index contributed by atoms with van der Waals surface area (Å²) in [5, 5.41) is 13.1. The molecule has 1 aromatic heterocycles. The minimum atomic E-state index is -0.931. The third-order valence-corrected chi connectivity index (χ3v) is 6.53. The van der Waals surface area contributed by atoms with E-state index in [9.17, 15) is 9.90 Å². The molecule has 1 unspecified atom stereocenters. The van der Waals surface area contributed by atoms with Crippen molar-refractivity contribution in [2.45, 2.75) is 25.7 Å². The van der Waals surface area contributed by atoms with Crippen LogP contribution < -0.4 is 4.74 Å². The number of benzene rings is 4. The smallest absolute Gasteiger partial charge is 0.352 e. The zero-order valence-corrected chi connectivity index (χ0v) is 19.1. The van der Waals surface area contributed by atoms with Crippen molar-refractivity contribution < 1.29 is 14.6 Å². The Hall–Kier alpha value is -4.05. The van der Waals surface area contributed by atoms with Crippen molar-refractivity contribution in [3.05, 3.63) is 113 Å². The molecule has 5 rings (SSSR count). The summed E-state index contributed by atoms with van der Waals surface area (Å²) in [7, 11) is 0. The first kappa shape index (κ1) is 21.8. The number of aromatic amines is 1. The van der Waals surface area contributed by atoms with E-state index in [4.69, 9.17) is 4.74 Å². The van der Waals surface area contributed by atoms with E-state index in [1.54, 1.807) is 0 Å². The van der Waals surface area contributed by atoms with Crippen LogP contribution in [-0.4, -0.2) is 22.7 Å². The molecule has 0 aliphatic carbocycles. The zero-order valence-electron chi connectivity index (χ0n) is 19.1. The molecule has 2 N–H and O–H groups in total. The second kappa shape index (κ2) is 9.44. The summed E-state index contributed by atoms with van der Waals surface area (Å²) in [5.41, 5.74) is 4.32. The number of rotatable bonds is 8. The molecule has 0 saturated heterocycles. The van der Waals surface area contributed by atoms with Crippen molar-refractivity contribution in [1.82, 2.24) is 4.98 Å². The van der Waals surface area contributed by atoms with Crippen LogP contribution in [0.25, 0.3) is 21.7 Å². The molecule has 0 fully saturated rings. The number of aromatic carboxylic acids is 1.